The molecular weight excluding hydrogens is 419 g/mol. The molecule has 0 bridgehead atoms. The van der Waals surface area contributed by atoms with Crippen molar-refractivity contribution in [3.63, 3.8) is 0 Å². The van der Waals surface area contributed by atoms with Crippen molar-refractivity contribution in [2.45, 2.75) is 43.6 Å². The first-order chi connectivity index (χ1) is 15.2. The van der Waals surface area contributed by atoms with Crippen LogP contribution in [0.3, 0.4) is 0 Å². The van der Waals surface area contributed by atoms with Crippen LogP contribution < -0.4 is 0 Å². The average Bonchev–Trinajstić information content (AvgIpc) is 3.43. The van der Waals surface area contributed by atoms with Gasteiger partial charge in [-0.1, -0.05) is 30.3 Å². The molecule has 3 heterocycles. The van der Waals surface area contributed by atoms with Gasteiger partial charge < -0.3 is 13.8 Å². The Bertz CT molecular complexity index is 955. The molecule has 0 saturated carbocycles. The van der Waals surface area contributed by atoms with Crippen molar-refractivity contribution in [1.29, 1.82) is 0 Å². The standard InChI is InChI=1S/C21H27FN6O2S/c1-2-3-4-18-23-19(30-26-18)15-31-21-25-24-20(16-5-7-17(22)8-6-16)28(21)10-9-27-11-13-29-14-12-27/h5-8H,2-4,9-15H2,1H3. The maximum atomic E-state index is 13.4. The van der Waals surface area contributed by atoms with Gasteiger partial charge in [0.1, 0.15) is 5.82 Å². The molecule has 2 aromatic heterocycles. The van der Waals surface area contributed by atoms with Gasteiger partial charge in [0.25, 0.3) is 0 Å². The number of rotatable bonds is 10. The van der Waals surface area contributed by atoms with E-state index >= 15 is 0 Å². The SMILES string of the molecule is CCCCc1noc(CSc2nnc(-c3ccc(F)cc3)n2CCN2CCOCC2)n1. The quantitative estimate of drug-likeness (QED) is 0.438. The number of aryl methyl sites for hydroxylation is 1. The summed E-state index contributed by atoms with van der Waals surface area (Å²) in [5, 5.41) is 13.6. The predicted octanol–water partition coefficient (Wildman–Crippen LogP) is 3.43. The third-order valence-corrected chi connectivity index (χ3v) is 6.10. The van der Waals surface area contributed by atoms with Gasteiger partial charge in [-0.15, -0.1) is 10.2 Å². The average molecular weight is 447 g/mol. The lowest BCUT2D eigenvalue weighted by Gasteiger charge is -2.27. The monoisotopic (exact) mass is 446 g/mol. The van der Waals surface area contributed by atoms with Crippen LogP contribution in [0.4, 0.5) is 4.39 Å². The molecule has 1 aliphatic heterocycles. The van der Waals surface area contributed by atoms with Crippen molar-refractivity contribution in [3.05, 3.63) is 41.8 Å². The van der Waals surface area contributed by atoms with Gasteiger partial charge in [-0.2, -0.15) is 4.98 Å². The number of hydrogen-bond acceptors (Lipinski definition) is 8. The Morgan fingerprint density at radius 3 is 2.68 bits per heavy atom. The van der Waals surface area contributed by atoms with E-state index in [0.717, 1.165) is 81.0 Å². The Hall–Kier alpha value is -2.30. The third kappa shape index (κ3) is 5.90. The minimum Gasteiger partial charge on any atom is -0.379 e. The minimum atomic E-state index is -0.270. The Morgan fingerprint density at radius 1 is 1.10 bits per heavy atom. The molecule has 1 aromatic carbocycles. The first kappa shape index (κ1) is 21.9. The summed E-state index contributed by atoms with van der Waals surface area (Å²) in [5.74, 6) is 2.32. The first-order valence-corrected chi connectivity index (χ1v) is 11.6. The Morgan fingerprint density at radius 2 is 1.90 bits per heavy atom. The molecule has 1 saturated heterocycles. The van der Waals surface area contributed by atoms with Gasteiger partial charge in [-0.3, -0.25) is 4.90 Å². The molecule has 0 radical (unpaired) electrons. The Kier molecular flexibility index (Phi) is 7.66. The zero-order valence-electron chi connectivity index (χ0n) is 17.7. The first-order valence-electron chi connectivity index (χ1n) is 10.7. The number of nitrogens with zero attached hydrogens (tertiary/aromatic N) is 6. The van der Waals surface area contributed by atoms with Crippen LogP contribution in [0.2, 0.25) is 0 Å². The zero-order valence-corrected chi connectivity index (χ0v) is 18.5. The summed E-state index contributed by atoms with van der Waals surface area (Å²) in [6, 6.07) is 6.35. The van der Waals surface area contributed by atoms with Gasteiger partial charge in [0.15, 0.2) is 16.8 Å². The highest BCUT2D eigenvalue weighted by Gasteiger charge is 2.18. The van der Waals surface area contributed by atoms with Gasteiger partial charge >= 0.3 is 0 Å². The largest absolute Gasteiger partial charge is 0.379 e. The van der Waals surface area contributed by atoms with E-state index < -0.39 is 0 Å². The molecule has 4 rings (SSSR count). The van der Waals surface area contributed by atoms with E-state index in [1.165, 1.54) is 23.9 Å². The molecule has 0 aliphatic carbocycles. The maximum absolute atomic E-state index is 13.4. The van der Waals surface area contributed by atoms with E-state index in [2.05, 4.69) is 36.7 Å². The fraction of sp³-hybridized carbons (Fsp3) is 0.524. The topological polar surface area (TPSA) is 82.1 Å². The van der Waals surface area contributed by atoms with Gasteiger partial charge in [0.05, 0.1) is 19.0 Å². The van der Waals surface area contributed by atoms with E-state index in [9.17, 15) is 4.39 Å². The Labute approximate surface area is 185 Å². The second-order valence-electron chi connectivity index (χ2n) is 7.42. The summed E-state index contributed by atoms with van der Waals surface area (Å²) in [4.78, 5) is 6.83. The summed E-state index contributed by atoms with van der Waals surface area (Å²) < 4.78 is 26.3. The highest BCUT2D eigenvalue weighted by Crippen LogP contribution is 2.26. The second kappa shape index (κ2) is 10.8. The smallest absolute Gasteiger partial charge is 0.237 e. The molecule has 0 unspecified atom stereocenters. The van der Waals surface area contributed by atoms with Crippen LogP contribution in [0.15, 0.2) is 33.9 Å². The van der Waals surface area contributed by atoms with E-state index in [1.54, 1.807) is 12.1 Å². The molecule has 31 heavy (non-hydrogen) atoms. The zero-order chi connectivity index (χ0) is 21.5. The molecule has 0 atom stereocenters. The van der Waals surface area contributed by atoms with E-state index in [1.807, 2.05) is 0 Å². The highest BCUT2D eigenvalue weighted by atomic mass is 32.2. The lowest BCUT2D eigenvalue weighted by Crippen LogP contribution is -2.38. The molecule has 10 heteroatoms. The van der Waals surface area contributed by atoms with Crippen molar-refractivity contribution in [1.82, 2.24) is 29.8 Å². The fourth-order valence-corrected chi connectivity index (χ4v) is 4.19. The minimum absolute atomic E-state index is 0.270. The summed E-state index contributed by atoms with van der Waals surface area (Å²) in [6.45, 7) is 7.08. The van der Waals surface area contributed by atoms with Crippen molar-refractivity contribution < 1.29 is 13.7 Å². The van der Waals surface area contributed by atoms with E-state index in [-0.39, 0.29) is 5.82 Å². The molecule has 1 fully saturated rings. The van der Waals surface area contributed by atoms with E-state index in [0.29, 0.717) is 11.6 Å². The van der Waals surface area contributed by atoms with Crippen LogP contribution in [-0.4, -0.2) is 62.7 Å². The number of benzene rings is 1. The van der Waals surface area contributed by atoms with Crippen LogP contribution in [-0.2, 0) is 23.5 Å². The van der Waals surface area contributed by atoms with Gasteiger partial charge in [0.2, 0.25) is 5.89 Å². The molecular formula is C21H27FN6O2S. The third-order valence-electron chi connectivity index (χ3n) is 5.15. The van der Waals surface area contributed by atoms with Gasteiger partial charge in [-0.25, -0.2) is 4.39 Å². The number of thioether (sulfide) groups is 1. The number of morpholine rings is 1. The molecule has 1 aliphatic rings. The molecule has 8 nitrogen and oxygen atoms in total. The molecule has 0 amide bonds. The summed E-state index contributed by atoms with van der Waals surface area (Å²) in [5.41, 5.74) is 0.836. The molecule has 166 valence electrons. The number of unbranched alkanes of at least 4 members (excludes halogenated alkanes) is 1. The van der Waals surface area contributed by atoms with Gasteiger partial charge in [0, 0.05) is 38.2 Å². The van der Waals surface area contributed by atoms with Crippen LogP contribution in [0, 0.1) is 5.82 Å². The van der Waals surface area contributed by atoms with Crippen LogP contribution in [0.5, 0.6) is 0 Å². The highest BCUT2D eigenvalue weighted by molar-refractivity contribution is 7.98. The van der Waals surface area contributed by atoms with Crippen molar-refractivity contribution in [2.24, 2.45) is 0 Å². The van der Waals surface area contributed by atoms with Crippen LogP contribution in [0.25, 0.3) is 11.4 Å². The van der Waals surface area contributed by atoms with Crippen LogP contribution >= 0.6 is 11.8 Å². The van der Waals surface area contributed by atoms with Crippen molar-refractivity contribution in [3.8, 4) is 11.4 Å². The normalized spacial score (nSPS) is 14.9. The number of hydrogen-bond donors (Lipinski definition) is 0. The number of halogens is 1. The summed E-state index contributed by atoms with van der Waals surface area (Å²) in [6.07, 6.45) is 2.97. The molecule has 0 spiro atoms. The fourth-order valence-electron chi connectivity index (χ4n) is 3.39. The van der Waals surface area contributed by atoms with Crippen LogP contribution in [0.1, 0.15) is 31.5 Å². The second-order valence-corrected chi connectivity index (χ2v) is 8.36. The molecule has 0 N–H and O–H groups in total. The molecule has 3 aromatic rings. The van der Waals surface area contributed by atoms with Gasteiger partial charge in [-0.05, 0) is 30.7 Å². The van der Waals surface area contributed by atoms with Crippen molar-refractivity contribution in [2.75, 3.05) is 32.8 Å². The predicted molar refractivity (Wildman–Crippen MR) is 115 cm³/mol. The maximum Gasteiger partial charge on any atom is 0.237 e. The summed E-state index contributed by atoms with van der Waals surface area (Å²) >= 11 is 1.52. The lowest BCUT2D eigenvalue weighted by atomic mass is 10.2. The summed E-state index contributed by atoms with van der Waals surface area (Å²) in [7, 11) is 0. The van der Waals surface area contributed by atoms with Crippen molar-refractivity contribution >= 4 is 11.8 Å². The lowest BCUT2D eigenvalue weighted by molar-refractivity contribution is 0.0361. The van der Waals surface area contributed by atoms with E-state index in [4.69, 9.17) is 9.26 Å². The number of ether oxygens (including phenoxy) is 1. The number of aromatic nitrogens is 5. The Balaban J connectivity index is 1.48.